The number of ketones is 1. The number of sulfonamides is 1. The number of aromatic amines is 1. The predicted octanol–water partition coefficient (Wildman–Crippen LogP) is 2.49. The summed E-state index contributed by atoms with van der Waals surface area (Å²) in [6, 6.07) is 10.8. The van der Waals surface area contributed by atoms with Gasteiger partial charge in [0, 0.05) is 29.2 Å². The molecule has 2 N–H and O–H groups in total. The third kappa shape index (κ3) is 5.38. The number of Topliss-reactive ketones (excluding diaryl/α,β-unsaturated/α-hetero) is 1. The highest BCUT2D eigenvalue weighted by Crippen LogP contribution is 2.34. The Balaban J connectivity index is 1.33. The molecule has 3 atom stereocenters. The molecule has 0 aliphatic carbocycles. The fourth-order valence-corrected chi connectivity index (χ4v) is 7.80. The minimum atomic E-state index is -4.13. The van der Waals surface area contributed by atoms with Crippen molar-refractivity contribution in [1.29, 1.82) is 0 Å². The minimum Gasteiger partial charge on any atom is -0.340 e. The van der Waals surface area contributed by atoms with Crippen molar-refractivity contribution in [2.75, 3.05) is 13.1 Å². The maximum atomic E-state index is 13.8. The summed E-state index contributed by atoms with van der Waals surface area (Å²) in [6.07, 6.45) is 1.87. The average Bonchev–Trinajstić information content (AvgIpc) is 3.67. The first-order valence-electron chi connectivity index (χ1n) is 13.0. The van der Waals surface area contributed by atoms with Gasteiger partial charge in [-0.25, -0.2) is 8.42 Å². The quantitative estimate of drug-likeness (QED) is 0.419. The second kappa shape index (κ2) is 11.1. The molecule has 2 aliphatic heterocycles. The number of hydrogen-bond donors (Lipinski definition) is 2. The smallest absolute Gasteiger partial charge is 0.251 e. The van der Waals surface area contributed by atoms with Crippen LogP contribution in [0.5, 0.6) is 0 Å². The zero-order chi connectivity index (χ0) is 28.6. The number of pyridine rings is 1. The topological polar surface area (TPSA) is 137 Å². The molecule has 0 saturated carbocycles. The van der Waals surface area contributed by atoms with Gasteiger partial charge in [0.05, 0.1) is 17.5 Å². The number of likely N-dealkylation sites (tertiary alicyclic amines) is 1. The number of carbonyl (C=O) groups excluding carboxylic acids is 3. The van der Waals surface area contributed by atoms with Gasteiger partial charge in [0.1, 0.15) is 12.1 Å². The van der Waals surface area contributed by atoms with Crippen LogP contribution in [0.15, 0.2) is 69.8 Å². The van der Waals surface area contributed by atoms with Gasteiger partial charge in [0.2, 0.25) is 21.5 Å². The molecule has 4 heterocycles. The van der Waals surface area contributed by atoms with Crippen LogP contribution in [-0.2, 0) is 19.6 Å². The lowest BCUT2D eigenvalue weighted by molar-refractivity contribution is -0.138. The molecule has 2 saturated heterocycles. The van der Waals surface area contributed by atoms with Gasteiger partial charge in [-0.1, -0.05) is 32.0 Å². The zero-order valence-corrected chi connectivity index (χ0v) is 23.7. The molecule has 0 spiro atoms. The molecular weight excluding hydrogens is 552 g/mol. The van der Waals surface area contributed by atoms with Crippen molar-refractivity contribution in [3.8, 4) is 10.4 Å². The first-order chi connectivity index (χ1) is 19.1. The van der Waals surface area contributed by atoms with Crippen molar-refractivity contribution in [3.63, 3.8) is 0 Å². The van der Waals surface area contributed by atoms with Gasteiger partial charge < -0.3 is 15.2 Å². The van der Waals surface area contributed by atoms with Crippen LogP contribution in [0.4, 0.5) is 0 Å². The molecule has 0 bridgehead atoms. The Morgan fingerprint density at radius 2 is 1.88 bits per heavy atom. The number of hydrogen-bond acceptors (Lipinski definition) is 7. The van der Waals surface area contributed by atoms with Crippen LogP contribution in [0.2, 0.25) is 0 Å². The van der Waals surface area contributed by atoms with E-state index in [1.807, 2.05) is 43.5 Å². The molecular formula is C28H30N4O6S2. The van der Waals surface area contributed by atoms with E-state index in [0.29, 0.717) is 12.0 Å². The largest absolute Gasteiger partial charge is 0.340 e. The SMILES string of the molecule is CC(C)CC(NC(=O)c1ccc(-c2cccs2)cc1)C(=O)N1CCC2C1C(=O)CN2S(=O)(=O)c1cc[nH]c(=O)c1. The van der Waals surface area contributed by atoms with Crippen molar-refractivity contribution < 1.29 is 22.8 Å². The van der Waals surface area contributed by atoms with E-state index < -0.39 is 45.5 Å². The highest BCUT2D eigenvalue weighted by molar-refractivity contribution is 7.89. The molecule has 2 aliphatic rings. The Morgan fingerprint density at radius 1 is 1.12 bits per heavy atom. The van der Waals surface area contributed by atoms with Crippen LogP contribution < -0.4 is 10.9 Å². The summed E-state index contributed by atoms with van der Waals surface area (Å²) in [7, 11) is -4.13. The summed E-state index contributed by atoms with van der Waals surface area (Å²) in [5.41, 5.74) is 0.830. The van der Waals surface area contributed by atoms with Gasteiger partial charge >= 0.3 is 0 Å². The lowest BCUT2D eigenvalue weighted by Gasteiger charge is -2.29. The first kappa shape index (κ1) is 27.9. The second-order valence-electron chi connectivity index (χ2n) is 10.4. The van der Waals surface area contributed by atoms with Gasteiger partial charge in [-0.3, -0.25) is 19.2 Å². The van der Waals surface area contributed by atoms with Crippen molar-refractivity contribution in [3.05, 3.63) is 76.0 Å². The molecule has 2 amide bonds. The summed E-state index contributed by atoms with van der Waals surface area (Å²) >= 11 is 1.60. The molecule has 12 heteroatoms. The fourth-order valence-electron chi connectivity index (χ4n) is 5.42. The summed E-state index contributed by atoms with van der Waals surface area (Å²) in [5, 5.41) is 4.83. The van der Waals surface area contributed by atoms with Crippen LogP contribution in [0.3, 0.4) is 0 Å². The molecule has 3 unspecified atom stereocenters. The third-order valence-corrected chi connectivity index (χ3v) is 10.1. The lowest BCUT2D eigenvalue weighted by atomic mass is 10.0. The van der Waals surface area contributed by atoms with Gasteiger partial charge in [0.25, 0.3) is 5.91 Å². The van der Waals surface area contributed by atoms with Crippen molar-refractivity contribution >= 4 is 39.0 Å². The molecule has 0 radical (unpaired) electrons. The van der Waals surface area contributed by atoms with E-state index in [4.69, 9.17) is 0 Å². The number of aromatic nitrogens is 1. The normalized spacial score (nSPS) is 20.1. The van der Waals surface area contributed by atoms with E-state index in [0.717, 1.165) is 20.8 Å². The van der Waals surface area contributed by atoms with Crippen molar-refractivity contribution in [2.45, 2.75) is 49.7 Å². The lowest BCUT2D eigenvalue weighted by Crippen LogP contribution is -2.53. The molecule has 210 valence electrons. The fraction of sp³-hybridized carbons (Fsp3) is 0.357. The number of carbonyl (C=O) groups is 3. The summed E-state index contributed by atoms with van der Waals surface area (Å²) < 4.78 is 27.7. The van der Waals surface area contributed by atoms with Crippen molar-refractivity contribution in [2.24, 2.45) is 5.92 Å². The number of H-pyrrole nitrogens is 1. The number of benzene rings is 1. The van der Waals surface area contributed by atoms with Crippen LogP contribution in [-0.4, -0.2) is 71.4 Å². The van der Waals surface area contributed by atoms with Gasteiger partial charge in [0.15, 0.2) is 5.78 Å². The van der Waals surface area contributed by atoms with Crippen molar-refractivity contribution in [1.82, 2.24) is 19.5 Å². The molecule has 40 heavy (non-hydrogen) atoms. The Morgan fingerprint density at radius 3 is 2.52 bits per heavy atom. The monoisotopic (exact) mass is 582 g/mol. The zero-order valence-electron chi connectivity index (χ0n) is 22.1. The third-order valence-electron chi connectivity index (χ3n) is 7.28. The van der Waals surface area contributed by atoms with Crippen LogP contribution in [0, 0.1) is 5.92 Å². The van der Waals surface area contributed by atoms with Crippen LogP contribution in [0.1, 0.15) is 37.0 Å². The van der Waals surface area contributed by atoms with Crippen LogP contribution >= 0.6 is 11.3 Å². The Hall–Kier alpha value is -3.61. The van der Waals surface area contributed by atoms with E-state index in [9.17, 15) is 27.6 Å². The Bertz CT molecular complexity index is 1580. The summed E-state index contributed by atoms with van der Waals surface area (Å²) in [6.45, 7) is 3.67. The first-order valence-corrected chi connectivity index (χ1v) is 15.4. The molecule has 2 fully saturated rings. The number of fused-ring (bicyclic) bond motifs is 1. The van der Waals surface area contributed by atoms with Gasteiger partial charge in [-0.2, -0.15) is 4.31 Å². The maximum Gasteiger partial charge on any atom is 0.251 e. The van der Waals surface area contributed by atoms with E-state index >= 15 is 0 Å². The average molecular weight is 583 g/mol. The number of nitrogens with zero attached hydrogens (tertiary/aromatic N) is 2. The standard InChI is InChI=1S/C28H30N4O6S2/c1-17(2)14-21(30-27(35)19-7-5-18(6-8-19)24-4-3-13-39-24)28(36)31-12-10-22-26(31)23(33)16-32(22)40(37,38)20-9-11-29-25(34)15-20/h3-9,11,13,15,17,21-22,26H,10,12,14,16H2,1-2H3,(H,29,34)(H,30,35). The highest BCUT2D eigenvalue weighted by Gasteiger charge is 2.54. The summed E-state index contributed by atoms with van der Waals surface area (Å²) in [4.78, 5) is 56.4. The van der Waals surface area contributed by atoms with E-state index in [1.165, 1.54) is 17.2 Å². The Kier molecular flexibility index (Phi) is 7.76. The molecule has 5 rings (SSSR count). The number of amides is 2. The molecule has 2 aromatic heterocycles. The molecule has 1 aromatic carbocycles. The maximum absolute atomic E-state index is 13.8. The van der Waals surface area contributed by atoms with E-state index in [1.54, 1.807) is 23.5 Å². The second-order valence-corrected chi connectivity index (χ2v) is 13.3. The molecule has 3 aromatic rings. The number of thiophene rings is 1. The molecule has 10 nitrogen and oxygen atoms in total. The minimum absolute atomic E-state index is 0.0705. The summed E-state index contributed by atoms with van der Waals surface area (Å²) in [5.74, 6) is -1.12. The number of nitrogens with one attached hydrogen (secondary N) is 2. The van der Waals surface area contributed by atoms with Crippen LogP contribution in [0.25, 0.3) is 10.4 Å². The van der Waals surface area contributed by atoms with E-state index in [-0.39, 0.29) is 36.1 Å². The highest BCUT2D eigenvalue weighted by atomic mass is 32.2. The predicted molar refractivity (Wildman–Crippen MR) is 150 cm³/mol. The number of rotatable bonds is 8. The van der Waals surface area contributed by atoms with E-state index in [2.05, 4.69) is 10.3 Å². The van der Waals surface area contributed by atoms with Gasteiger partial charge in [-0.15, -0.1) is 11.3 Å². The Labute approximate surface area is 236 Å². The van der Waals surface area contributed by atoms with Gasteiger partial charge in [-0.05, 0) is 54.0 Å².